The number of nitrogens with zero attached hydrogens (tertiary/aromatic N) is 2. The van der Waals surface area contributed by atoms with Crippen molar-refractivity contribution in [3.05, 3.63) is 58.8 Å². The molecule has 2 heterocycles. The summed E-state index contributed by atoms with van der Waals surface area (Å²) >= 11 is 6.58. The number of amides is 3. The molecule has 2 saturated heterocycles. The summed E-state index contributed by atoms with van der Waals surface area (Å²) in [5.41, 5.74) is 2.24. The fourth-order valence-electron chi connectivity index (χ4n) is 3.83. The maximum Gasteiger partial charge on any atom is 0.414 e. The van der Waals surface area contributed by atoms with Crippen LogP contribution in [0.2, 0.25) is 0 Å². The maximum atomic E-state index is 15.0. The minimum atomic E-state index is -0.582. The van der Waals surface area contributed by atoms with E-state index in [0.29, 0.717) is 32.6 Å². The molecule has 2 aromatic rings. The fraction of sp³-hybridized carbons (Fsp3) is 0.280. The Hall–Kier alpha value is -3.24. The Kier molecular flexibility index (Phi) is 7.51. The van der Waals surface area contributed by atoms with Crippen molar-refractivity contribution in [3.63, 3.8) is 0 Å². The average molecular weight is 514 g/mol. The topological polar surface area (TPSA) is 79.0 Å². The third kappa shape index (κ3) is 5.54. The van der Waals surface area contributed by atoms with Gasteiger partial charge >= 0.3 is 6.09 Å². The monoisotopic (exact) mass is 513 g/mol. The summed E-state index contributed by atoms with van der Waals surface area (Å²) in [7, 11) is 0. The van der Waals surface area contributed by atoms with Crippen LogP contribution in [0.15, 0.2) is 47.4 Å². The van der Waals surface area contributed by atoms with Crippen LogP contribution in [-0.2, 0) is 14.3 Å². The highest BCUT2D eigenvalue weighted by molar-refractivity contribution is 8.26. The first kappa shape index (κ1) is 24.9. The highest BCUT2D eigenvalue weighted by atomic mass is 32.2. The van der Waals surface area contributed by atoms with Crippen LogP contribution in [-0.4, -0.2) is 52.9 Å². The first-order chi connectivity index (χ1) is 16.8. The SMILES string of the molecule is CCCN1C(=O)/C(=C/c2ccc(-c3ccc(N4C[C@H](CNC(C)=O)OC4=O)cc3F)cc2)SC1=S. The minimum absolute atomic E-state index is 0.0905. The van der Waals surface area contributed by atoms with E-state index in [1.165, 1.54) is 29.7 Å². The molecule has 0 unspecified atom stereocenters. The van der Waals surface area contributed by atoms with Gasteiger partial charge in [-0.2, -0.15) is 0 Å². The number of ether oxygens (including phenoxy) is 1. The molecule has 0 aliphatic carbocycles. The Bertz CT molecular complexity index is 1220. The maximum absolute atomic E-state index is 15.0. The van der Waals surface area contributed by atoms with Crippen LogP contribution < -0.4 is 10.2 Å². The van der Waals surface area contributed by atoms with Gasteiger partial charge in [0.25, 0.3) is 5.91 Å². The second-order valence-corrected chi connectivity index (χ2v) is 9.85. The molecule has 2 aromatic carbocycles. The molecule has 1 N–H and O–H groups in total. The summed E-state index contributed by atoms with van der Waals surface area (Å²) in [6.07, 6.45) is 1.54. The normalized spacial score (nSPS) is 19.0. The number of carbonyl (C=O) groups is 3. The summed E-state index contributed by atoms with van der Waals surface area (Å²) in [4.78, 5) is 39.3. The van der Waals surface area contributed by atoms with Crippen LogP contribution >= 0.6 is 24.0 Å². The number of thiocarbonyl (C=S) groups is 1. The third-order valence-corrected chi connectivity index (χ3v) is 6.94. The van der Waals surface area contributed by atoms with E-state index in [2.05, 4.69) is 5.32 Å². The number of nitrogens with one attached hydrogen (secondary N) is 1. The van der Waals surface area contributed by atoms with Crippen molar-refractivity contribution in [2.24, 2.45) is 0 Å². The average Bonchev–Trinajstić information content (AvgIpc) is 3.32. The summed E-state index contributed by atoms with van der Waals surface area (Å²) < 4.78 is 20.8. The molecule has 4 rings (SSSR count). The van der Waals surface area contributed by atoms with Gasteiger partial charge in [-0.3, -0.25) is 19.4 Å². The number of anilines is 1. The molecule has 2 aliphatic rings. The lowest BCUT2D eigenvalue weighted by Gasteiger charge is -2.14. The molecular weight excluding hydrogens is 489 g/mol. The van der Waals surface area contributed by atoms with Crippen molar-refractivity contribution < 1.29 is 23.5 Å². The van der Waals surface area contributed by atoms with Gasteiger partial charge in [0.15, 0.2) is 0 Å². The molecule has 3 amide bonds. The van der Waals surface area contributed by atoms with Gasteiger partial charge in [0.1, 0.15) is 16.2 Å². The summed E-state index contributed by atoms with van der Waals surface area (Å²) in [6, 6.07) is 11.8. The van der Waals surface area contributed by atoms with Gasteiger partial charge in [0.05, 0.1) is 23.7 Å². The Labute approximate surface area is 212 Å². The van der Waals surface area contributed by atoms with Gasteiger partial charge in [0, 0.05) is 19.0 Å². The van der Waals surface area contributed by atoms with Crippen molar-refractivity contribution in [3.8, 4) is 11.1 Å². The lowest BCUT2D eigenvalue weighted by atomic mass is 10.0. The summed E-state index contributed by atoms with van der Waals surface area (Å²) in [6.45, 7) is 4.40. The zero-order chi connectivity index (χ0) is 25.1. The first-order valence-corrected chi connectivity index (χ1v) is 12.4. The van der Waals surface area contributed by atoms with Gasteiger partial charge in [0.2, 0.25) is 5.91 Å². The van der Waals surface area contributed by atoms with Gasteiger partial charge in [-0.05, 0) is 41.8 Å². The van der Waals surface area contributed by atoms with Crippen molar-refractivity contribution in [1.29, 1.82) is 0 Å². The molecule has 2 aliphatic heterocycles. The van der Waals surface area contributed by atoms with Crippen molar-refractivity contribution >= 4 is 58.0 Å². The Morgan fingerprint density at radius 3 is 2.66 bits per heavy atom. The Morgan fingerprint density at radius 1 is 1.26 bits per heavy atom. The van der Waals surface area contributed by atoms with Crippen molar-refractivity contribution in [2.75, 3.05) is 24.5 Å². The van der Waals surface area contributed by atoms with Gasteiger partial charge in [-0.15, -0.1) is 0 Å². The van der Waals surface area contributed by atoms with E-state index in [4.69, 9.17) is 17.0 Å². The summed E-state index contributed by atoms with van der Waals surface area (Å²) in [5.74, 6) is -0.784. The predicted octanol–water partition coefficient (Wildman–Crippen LogP) is 4.57. The number of cyclic esters (lactones) is 1. The van der Waals surface area contributed by atoms with E-state index < -0.39 is 18.0 Å². The van der Waals surface area contributed by atoms with E-state index in [9.17, 15) is 18.8 Å². The van der Waals surface area contributed by atoms with Gasteiger partial charge in [-0.25, -0.2) is 9.18 Å². The van der Waals surface area contributed by atoms with E-state index in [1.807, 2.05) is 19.1 Å². The van der Waals surface area contributed by atoms with E-state index in [-0.39, 0.29) is 24.9 Å². The molecule has 35 heavy (non-hydrogen) atoms. The quantitative estimate of drug-likeness (QED) is 0.432. The molecule has 10 heteroatoms. The lowest BCUT2D eigenvalue weighted by Crippen LogP contribution is -2.33. The van der Waals surface area contributed by atoms with Crippen LogP contribution in [0.3, 0.4) is 0 Å². The minimum Gasteiger partial charge on any atom is -0.442 e. The largest absolute Gasteiger partial charge is 0.442 e. The third-order valence-electron chi connectivity index (χ3n) is 5.56. The summed E-state index contributed by atoms with van der Waals surface area (Å²) in [5, 5.41) is 2.61. The molecule has 0 saturated carbocycles. The molecule has 0 spiro atoms. The predicted molar refractivity (Wildman–Crippen MR) is 138 cm³/mol. The van der Waals surface area contributed by atoms with Crippen molar-refractivity contribution in [2.45, 2.75) is 26.4 Å². The van der Waals surface area contributed by atoms with E-state index in [1.54, 1.807) is 35.2 Å². The highest BCUT2D eigenvalue weighted by Crippen LogP contribution is 2.33. The van der Waals surface area contributed by atoms with E-state index in [0.717, 1.165) is 12.0 Å². The molecule has 0 bridgehead atoms. The Balaban J connectivity index is 1.47. The molecule has 0 radical (unpaired) electrons. The van der Waals surface area contributed by atoms with E-state index >= 15 is 0 Å². The fourth-order valence-corrected chi connectivity index (χ4v) is 5.14. The van der Waals surface area contributed by atoms with Crippen LogP contribution in [0, 0.1) is 5.82 Å². The standard InChI is InChI=1S/C25H24FN3O4S2/c1-3-10-28-23(31)22(35-25(28)34)11-16-4-6-17(7-5-16)20-9-8-18(12-21(20)26)29-14-19(33-24(29)32)13-27-15(2)30/h4-9,11-12,19H,3,10,13-14H2,1-2H3,(H,27,30)/b22-11-/t19-/m0/s1. The van der Waals surface area contributed by atoms with Crippen LogP contribution in [0.4, 0.5) is 14.9 Å². The van der Waals surface area contributed by atoms with Crippen LogP contribution in [0.1, 0.15) is 25.8 Å². The second-order valence-electron chi connectivity index (χ2n) is 8.17. The lowest BCUT2D eigenvalue weighted by molar-refractivity contribution is -0.122. The number of rotatable bonds is 7. The molecule has 182 valence electrons. The molecular formula is C25H24FN3O4S2. The number of benzene rings is 2. The number of thioether (sulfide) groups is 1. The van der Waals surface area contributed by atoms with Crippen molar-refractivity contribution in [1.82, 2.24) is 10.2 Å². The highest BCUT2D eigenvalue weighted by Gasteiger charge is 2.33. The number of carbonyl (C=O) groups excluding carboxylic acids is 3. The number of hydrogen-bond acceptors (Lipinski definition) is 6. The number of hydrogen-bond donors (Lipinski definition) is 1. The molecule has 7 nitrogen and oxygen atoms in total. The Morgan fingerprint density at radius 2 is 2.00 bits per heavy atom. The molecule has 2 fully saturated rings. The molecule has 1 atom stereocenters. The zero-order valence-electron chi connectivity index (χ0n) is 19.2. The van der Waals surface area contributed by atoms with Gasteiger partial charge in [-0.1, -0.05) is 55.2 Å². The van der Waals surface area contributed by atoms with Gasteiger partial charge < -0.3 is 10.1 Å². The first-order valence-electron chi connectivity index (χ1n) is 11.1. The van der Waals surface area contributed by atoms with Crippen LogP contribution in [0.5, 0.6) is 0 Å². The second kappa shape index (κ2) is 10.6. The molecule has 0 aromatic heterocycles. The van der Waals surface area contributed by atoms with Crippen LogP contribution in [0.25, 0.3) is 17.2 Å². The zero-order valence-corrected chi connectivity index (χ0v) is 20.9. The number of halogens is 1. The smallest absolute Gasteiger partial charge is 0.414 e.